The highest BCUT2D eigenvalue weighted by Crippen LogP contribution is 2.21. The molecule has 29 heavy (non-hydrogen) atoms. The summed E-state index contributed by atoms with van der Waals surface area (Å²) in [5.41, 5.74) is 3.25. The second-order valence-electron chi connectivity index (χ2n) is 7.83. The average Bonchev–Trinajstić information content (AvgIpc) is 3.02. The fourth-order valence-electron chi connectivity index (χ4n) is 3.93. The normalized spacial score (nSPS) is 12.5. The molecule has 4 nitrogen and oxygen atoms in total. The third kappa shape index (κ3) is 5.68. The van der Waals surface area contributed by atoms with Crippen LogP contribution in [0.5, 0.6) is 0 Å². The molecule has 1 atom stereocenters. The Bertz CT molecular complexity index is 873. The summed E-state index contributed by atoms with van der Waals surface area (Å²) >= 11 is 0. The summed E-state index contributed by atoms with van der Waals surface area (Å²) in [6.07, 6.45) is 7.60. The molecule has 3 rings (SSSR count). The van der Waals surface area contributed by atoms with E-state index >= 15 is 0 Å². The molecule has 1 aromatic heterocycles. The van der Waals surface area contributed by atoms with E-state index < -0.39 is 6.10 Å². The number of rotatable bonds is 12. The monoisotopic (exact) mass is 395 g/mol. The van der Waals surface area contributed by atoms with Gasteiger partial charge in [-0.25, -0.2) is 9.13 Å². The standard InChI is InChI=1S/C25H35N2O2/c1-3-4-5-6-7-13-18-29-20-27-23-17-12-11-16-22(23)26(2)25(27)19-24(28)21-14-9-8-10-15-21/h8-12,14-17,24,28H,3-7,13,18-20H2,1-2H3/q+1. The highest BCUT2D eigenvalue weighted by atomic mass is 16.5. The van der Waals surface area contributed by atoms with Gasteiger partial charge in [0.15, 0.2) is 17.8 Å². The molecule has 0 amide bonds. The van der Waals surface area contributed by atoms with Crippen molar-refractivity contribution in [2.24, 2.45) is 7.05 Å². The molecule has 1 unspecified atom stereocenters. The van der Waals surface area contributed by atoms with Gasteiger partial charge in [-0.3, -0.25) is 0 Å². The van der Waals surface area contributed by atoms with Crippen molar-refractivity contribution < 1.29 is 14.4 Å². The zero-order valence-corrected chi connectivity index (χ0v) is 17.9. The van der Waals surface area contributed by atoms with Crippen LogP contribution < -0.4 is 4.57 Å². The molecule has 0 bridgehead atoms. The zero-order chi connectivity index (χ0) is 20.5. The first-order chi connectivity index (χ1) is 14.2. The van der Waals surface area contributed by atoms with Crippen molar-refractivity contribution in [1.29, 1.82) is 0 Å². The van der Waals surface area contributed by atoms with Crippen LogP contribution in [0.25, 0.3) is 11.0 Å². The van der Waals surface area contributed by atoms with E-state index in [-0.39, 0.29) is 0 Å². The molecule has 1 N–H and O–H groups in total. The maximum absolute atomic E-state index is 10.8. The van der Waals surface area contributed by atoms with Gasteiger partial charge in [-0.1, -0.05) is 81.5 Å². The van der Waals surface area contributed by atoms with Crippen molar-refractivity contribution in [2.45, 2.75) is 64.7 Å². The van der Waals surface area contributed by atoms with E-state index in [9.17, 15) is 5.11 Å². The zero-order valence-electron chi connectivity index (χ0n) is 17.9. The van der Waals surface area contributed by atoms with E-state index in [0.717, 1.165) is 35.4 Å². The van der Waals surface area contributed by atoms with Crippen molar-refractivity contribution >= 4 is 11.0 Å². The van der Waals surface area contributed by atoms with Crippen LogP contribution in [0, 0.1) is 0 Å². The number of aliphatic hydroxyl groups excluding tert-OH is 1. The molecule has 0 aliphatic heterocycles. The third-order valence-electron chi connectivity index (χ3n) is 5.66. The summed E-state index contributed by atoms with van der Waals surface area (Å²) in [6, 6.07) is 18.2. The molecule has 0 aliphatic rings. The topological polar surface area (TPSA) is 38.3 Å². The Balaban J connectivity index is 1.68. The second-order valence-corrected chi connectivity index (χ2v) is 7.83. The van der Waals surface area contributed by atoms with Crippen LogP contribution in [0.1, 0.15) is 62.9 Å². The molecule has 2 aromatic carbocycles. The van der Waals surface area contributed by atoms with Crippen LogP contribution in [-0.4, -0.2) is 16.3 Å². The summed E-state index contributed by atoms with van der Waals surface area (Å²) in [5, 5.41) is 10.8. The van der Waals surface area contributed by atoms with E-state index in [0.29, 0.717) is 13.2 Å². The van der Waals surface area contributed by atoms with Gasteiger partial charge in [-0.2, -0.15) is 0 Å². The Kier molecular flexibility index (Phi) is 8.26. The number of para-hydroxylation sites is 2. The lowest BCUT2D eigenvalue weighted by atomic mass is 10.1. The molecule has 3 aromatic rings. The van der Waals surface area contributed by atoms with Crippen LogP contribution in [0.3, 0.4) is 0 Å². The summed E-state index contributed by atoms with van der Waals surface area (Å²) < 4.78 is 10.4. The lowest BCUT2D eigenvalue weighted by molar-refractivity contribution is -0.654. The predicted octanol–water partition coefficient (Wildman–Crippen LogP) is 5.08. The summed E-state index contributed by atoms with van der Waals surface area (Å²) in [7, 11) is 2.07. The number of fused-ring (bicyclic) bond motifs is 1. The minimum absolute atomic E-state index is 0.521. The van der Waals surface area contributed by atoms with Gasteiger partial charge in [-0.05, 0) is 24.1 Å². The van der Waals surface area contributed by atoms with Gasteiger partial charge in [-0.15, -0.1) is 0 Å². The van der Waals surface area contributed by atoms with Crippen LogP contribution >= 0.6 is 0 Å². The number of nitrogens with zero attached hydrogens (tertiary/aromatic N) is 2. The van der Waals surface area contributed by atoms with Gasteiger partial charge in [0.1, 0.15) is 0 Å². The first-order valence-corrected chi connectivity index (χ1v) is 11.0. The van der Waals surface area contributed by atoms with E-state index in [1.54, 1.807) is 0 Å². The van der Waals surface area contributed by atoms with Crippen molar-refractivity contribution in [3.63, 3.8) is 0 Å². The number of imidazole rings is 1. The van der Waals surface area contributed by atoms with Gasteiger partial charge in [0.25, 0.3) is 5.82 Å². The summed E-state index contributed by atoms with van der Waals surface area (Å²) in [5.74, 6) is 1.07. The molecule has 1 heterocycles. The second kappa shape index (κ2) is 11.1. The lowest BCUT2D eigenvalue weighted by Gasteiger charge is -2.10. The highest BCUT2D eigenvalue weighted by Gasteiger charge is 2.25. The fourth-order valence-corrected chi connectivity index (χ4v) is 3.93. The lowest BCUT2D eigenvalue weighted by Crippen LogP contribution is -2.34. The van der Waals surface area contributed by atoms with Crippen molar-refractivity contribution in [3.8, 4) is 0 Å². The molecule has 4 heteroatoms. The Morgan fingerprint density at radius 3 is 2.41 bits per heavy atom. The molecule has 0 saturated heterocycles. The quantitative estimate of drug-likeness (QED) is 0.343. The number of benzene rings is 2. The number of hydrogen-bond acceptors (Lipinski definition) is 2. The van der Waals surface area contributed by atoms with E-state index in [1.165, 1.54) is 32.1 Å². The van der Waals surface area contributed by atoms with Crippen LogP contribution in [0.15, 0.2) is 54.6 Å². The number of aliphatic hydroxyl groups is 1. The molecular formula is C25H35N2O2+. The van der Waals surface area contributed by atoms with E-state index in [2.05, 4.69) is 47.4 Å². The SMILES string of the molecule is CCCCCCCCOCn1c(CC(O)c2ccccc2)[n+](C)c2ccccc21. The molecule has 0 spiro atoms. The molecule has 0 fully saturated rings. The largest absolute Gasteiger partial charge is 0.388 e. The van der Waals surface area contributed by atoms with Crippen molar-refractivity contribution in [2.75, 3.05) is 6.61 Å². The summed E-state index contributed by atoms with van der Waals surface area (Å²) in [6.45, 7) is 3.55. The average molecular weight is 396 g/mol. The Hall–Kier alpha value is -2.17. The smallest absolute Gasteiger partial charge is 0.262 e. The number of aryl methyl sites for hydroxylation is 1. The number of unbranched alkanes of at least 4 members (excludes halogenated alkanes) is 5. The van der Waals surface area contributed by atoms with Crippen molar-refractivity contribution in [3.05, 3.63) is 66.0 Å². The van der Waals surface area contributed by atoms with Gasteiger partial charge < -0.3 is 9.84 Å². The highest BCUT2D eigenvalue weighted by molar-refractivity contribution is 5.72. The van der Waals surface area contributed by atoms with Gasteiger partial charge >= 0.3 is 0 Å². The first-order valence-electron chi connectivity index (χ1n) is 11.0. The Morgan fingerprint density at radius 2 is 1.62 bits per heavy atom. The molecule has 0 saturated carbocycles. The Labute approximate surface area is 174 Å². The fraction of sp³-hybridized carbons (Fsp3) is 0.480. The van der Waals surface area contributed by atoms with Gasteiger partial charge in [0.05, 0.1) is 26.2 Å². The molecule has 0 aliphatic carbocycles. The van der Waals surface area contributed by atoms with Gasteiger partial charge in [0.2, 0.25) is 0 Å². The number of ether oxygens (including phenoxy) is 1. The van der Waals surface area contributed by atoms with Crippen LogP contribution in [0.4, 0.5) is 0 Å². The van der Waals surface area contributed by atoms with Crippen molar-refractivity contribution in [1.82, 2.24) is 4.57 Å². The van der Waals surface area contributed by atoms with Crippen LogP contribution in [-0.2, 0) is 24.9 Å². The number of aromatic nitrogens is 2. The predicted molar refractivity (Wildman–Crippen MR) is 118 cm³/mol. The Morgan fingerprint density at radius 1 is 0.931 bits per heavy atom. The molecular weight excluding hydrogens is 360 g/mol. The number of hydrogen-bond donors (Lipinski definition) is 1. The maximum atomic E-state index is 10.8. The third-order valence-corrected chi connectivity index (χ3v) is 5.66. The molecule has 0 radical (unpaired) electrons. The minimum Gasteiger partial charge on any atom is -0.388 e. The van der Waals surface area contributed by atoms with E-state index in [1.807, 2.05) is 30.3 Å². The van der Waals surface area contributed by atoms with E-state index in [4.69, 9.17) is 4.74 Å². The van der Waals surface area contributed by atoms with Gasteiger partial charge in [0, 0.05) is 0 Å². The minimum atomic E-state index is -0.538. The first kappa shape index (κ1) is 21.5. The summed E-state index contributed by atoms with van der Waals surface area (Å²) in [4.78, 5) is 0. The van der Waals surface area contributed by atoms with Crippen LogP contribution in [0.2, 0.25) is 0 Å². The molecule has 156 valence electrons. The maximum Gasteiger partial charge on any atom is 0.262 e.